The number of hydrogen-bond donors (Lipinski definition) is 3. The molecule has 5 aromatic rings. The zero-order chi connectivity index (χ0) is 34.4. The van der Waals surface area contributed by atoms with Crippen LogP contribution in [0.3, 0.4) is 0 Å². The second-order valence-electron chi connectivity index (χ2n) is 11.8. The number of nitrogens with one attached hydrogen (secondary N) is 1. The van der Waals surface area contributed by atoms with Gasteiger partial charge in [0.25, 0.3) is 0 Å². The number of aliphatic hydroxyl groups excluding tert-OH is 1. The Hall–Kier alpha value is -4.36. The predicted molar refractivity (Wildman–Crippen MR) is 187 cm³/mol. The predicted octanol–water partition coefficient (Wildman–Crippen LogP) is 7.00. The average Bonchev–Trinajstić information content (AvgIpc) is 3.14. The third-order valence-electron chi connectivity index (χ3n) is 8.45. The van der Waals surface area contributed by atoms with Crippen molar-refractivity contribution in [2.75, 3.05) is 5.75 Å². The lowest BCUT2D eigenvalue weighted by Crippen LogP contribution is -2.38. The summed E-state index contributed by atoms with van der Waals surface area (Å²) in [5.41, 5.74) is 5.30. The van der Waals surface area contributed by atoms with Crippen LogP contribution in [-0.4, -0.2) is 41.4 Å². The molecule has 0 radical (unpaired) electrons. The summed E-state index contributed by atoms with van der Waals surface area (Å²) in [6.07, 6.45) is 0.188. The van der Waals surface area contributed by atoms with Crippen LogP contribution in [0, 0.1) is 5.92 Å². The van der Waals surface area contributed by atoms with E-state index in [1.807, 2.05) is 72.8 Å². The second kappa shape index (κ2) is 15.5. The first kappa shape index (κ1) is 34.5. The molecule has 49 heavy (non-hydrogen) atoms. The molecule has 252 valence electrons. The summed E-state index contributed by atoms with van der Waals surface area (Å²) < 4.78 is 41.5. The van der Waals surface area contributed by atoms with Gasteiger partial charge in [0.2, 0.25) is 10.0 Å². The number of ether oxygens (including phenoxy) is 2. The van der Waals surface area contributed by atoms with E-state index in [4.69, 9.17) is 9.47 Å². The molecule has 0 aliphatic carbocycles. The minimum Gasteiger partial charge on any atom is -0.478 e. The maximum absolute atomic E-state index is 12.8. The summed E-state index contributed by atoms with van der Waals surface area (Å²) in [5.74, 6) is -0.685. The number of hydrogen-bond acceptors (Lipinski definition) is 8. The minimum absolute atomic E-state index is 0.0603. The molecule has 1 fully saturated rings. The third-order valence-corrected chi connectivity index (χ3v) is 11.0. The highest BCUT2D eigenvalue weighted by Crippen LogP contribution is 2.43. The Kier molecular flexibility index (Phi) is 10.9. The van der Waals surface area contributed by atoms with E-state index in [0.717, 1.165) is 33.4 Å². The van der Waals surface area contributed by atoms with Crippen LogP contribution in [0.5, 0.6) is 0 Å². The summed E-state index contributed by atoms with van der Waals surface area (Å²) in [6, 6.07) is 34.6. The van der Waals surface area contributed by atoms with Crippen molar-refractivity contribution in [3.05, 3.63) is 149 Å². The maximum atomic E-state index is 12.8. The molecule has 9 nitrogen and oxygen atoms in total. The Labute approximate surface area is 290 Å². The molecular formula is C38H36N2O7S2. The van der Waals surface area contributed by atoms with Gasteiger partial charge in [0.15, 0.2) is 6.29 Å². The number of aromatic carboxylic acids is 1. The molecule has 4 atom stereocenters. The van der Waals surface area contributed by atoms with E-state index >= 15 is 0 Å². The fourth-order valence-electron chi connectivity index (χ4n) is 5.73. The quantitative estimate of drug-likeness (QED) is 0.118. The average molecular weight is 697 g/mol. The lowest BCUT2D eigenvalue weighted by Gasteiger charge is -2.41. The Bertz CT molecular complexity index is 2010. The number of thioether (sulfide) groups is 1. The van der Waals surface area contributed by atoms with Crippen LogP contribution < -0.4 is 4.72 Å². The molecule has 1 aliphatic heterocycles. The first-order valence-corrected chi connectivity index (χ1v) is 18.2. The van der Waals surface area contributed by atoms with Crippen molar-refractivity contribution in [3.8, 4) is 11.1 Å². The van der Waals surface area contributed by atoms with Gasteiger partial charge in [0, 0.05) is 30.0 Å². The summed E-state index contributed by atoms with van der Waals surface area (Å²) in [6.45, 7) is 2.12. The van der Waals surface area contributed by atoms with Gasteiger partial charge in [-0.25, -0.2) is 22.9 Å². The van der Waals surface area contributed by atoms with Gasteiger partial charge in [-0.2, -0.15) is 0 Å². The minimum atomic E-state index is -3.66. The number of carbonyl (C=O) groups is 1. The third kappa shape index (κ3) is 8.27. The number of pyridine rings is 1. The fraction of sp³-hybridized carbons (Fsp3) is 0.211. The van der Waals surface area contributed by atoms with Crippen LogP contribution in [0.4, 0.5) is 0 Å². The molecule has 0 unspecified atom stereocenters. The SMILES string of the molecule is C[C@@H]1[C@H](CSc2ncccc2C(=O)O)O[C@H](c2cccc(-c3cccc(CNS(=O)(=O)c4ccccc4)c3)c2)O[C@@H]1c1ccc(CO)cc1. The molecule has 0 spiro atoms. The van der Waals surface area contributed by atoms with Crippen molar-refractivity contribution in [2.45, 2.75) is 48.5 Å². The van der Waals surface area contributed by atoms with E-state index in [9.17, 15) is 23.4 Å². The number of carboxylic acids is 1. The van der Waals surface area contributed by atoms with Crippen LogP contribution in [0.15, 0.2) is 131 Å². The topological polar surface area (TPSA) is 135 Å². The van der Waals surface area contributed by atoms with Crippen LogP contribution in [0.1, 0.15) is 51.9 Å². The summed E-state index contributed by atoms with van der Waals surface area (Å²) in [4.78, 5) is 16.3. The molecule has 6 rings (SSSR count). The van der Waals surface area contributed by atoms with Gasteiger partial charge in [-0.1, -0.05) is 85.8 Å². The molecule has 2 heterocycles. The molecule has 1 aliphatic rings. The zero-order valence-corrected chi connectivity index (χ0v) is 28.3. The number of carboxylic acid groups (broad SMARTS) is 1. The Balaban J connectivity index is 1.24. The summed E-state index contributed by atoms with van der Waals surface area (Å²) in [7, 11) is -3.66. The highest BCUT2D eigenvalue weighted by Gasteiger charge is 2.38. The van der Waals surface area contributed by atoms with Crippen LogP contribution in [0.2, 0.25) is 0 Å². The fourth-order valence-corrected chi connectivity index (χ4v) is 7.92. The van der Waals surface area contributed by atoms with Gasteiger partial charge in [-0.05, 0) is 64.2 Å². The van der Waals surface area contributed by atoms with E-state index in [0.29, 0.717) is 10.8 Å². The Morgan fingerprint density at radius 2 is 1.57 bits per heavy atom. The monoisotopic (exact) mass is 696 g/mol. The number of rotatable bonds is 12. The van der Waals surface area contributed by atoms with Crippen molar-refractivity contribution < 1.29 is 32.9 Å². The van der Waals surface area contributed by atoms with Gasteiger partial charge in [0.1, 0.15) is 5.03 Å². The number of nitrogens with zero attached hydrogens (tertiary/aromatic N) is 1. The lowest BCUT2D eigenvalue weighted by molar-refractivity contribution is -0.268. The molecule has 3 N–H and O–H groups in total. The lowest BCUT2D eigenvalue weighted by atomic mass is 9.91. The summed E-state index contributed by atoms with van der Waals surface area (Å²) >= 11 is 1.34. The maximum Gasteiger partial charge on any atom is 0.338 e. The smallest absolute Gasteiger partial charge is 0.338 e. The summed E-state index contributed by atoms with van der Waals surface area (Å²) in [5, 5.41) is 19.7. The molecule has 0 saturated carbocycles. The van der Waals surface area contributed by atoms with E-state index in [2.05, 4.69) is 16.6 Å². The number of aliphatic hydroxyl groups is 1. The number of sulfonamides is 1. The van der Waals surface area contributed by atoms with Crippen molar-refractivity contribution in [3.63, 3.8) is 0 Å². The molecule has 1 aromatic heterocycles. The highest BCUT2D eigenvalue weighted by atomic mass is 32.2. The van der Waals surface area contributed by atoms with Crippen LogP contribution in [0.25, 0.3) is 11.1 Å². The van der Waals surface area contributed by atoms with Crippen molar-refractivity contribution in [2.24, 2.45) is 5.92 Å². The Morgan fingerprint density at radius 1 is 0.837 bits per heavy atom. The first-order valence-electron chi connectivity index (χ1n) is 15.8. The van der Waals surface area contributed by atoms with Gasteiger partial charge < -0.3 is 19.7 Å². The molecule has 1 saturated heterocycles. The van der Waals surface area contributed by atoms with E-state index in [1.54, 1.807) is 48.7 Å². The Morgan fingerprint density at radius 3 is 2.31 bits per heavy atom. The van der Waals surface area contributed by atoms with Crippen LogP contribution >= 0.6 is 11.8 Å². The van der Waals surface area contributed by atoms with Crippen molar-refractivity contribution in [1.29, 1.82) is 0 Å². The van der Waals surface area contributed by atoms with E-state index in [-0.39, 0.29) is 41.7 Å². The van der Waals surface area contributed by atoms with Crippen LogP contribution in [-0.2, 0) is 32.6 Å². The van der Waals surface area contributed by atoms with Gasteiger partial charge in [-0.3, -0.25) is 0 Å². The van der Waals surface area contributed by atoms with E-state index < -0.39 is 22.3 Å². The van der Waals surface area contributed by atoms with Gasteiger partial charge >= 0.3 is 5.97 Å². The number of aromatic nitrogens is 1. The molecule has 0 amide bonds. The van der Waals surface area contributed by atoms with E-state index in [1.165, 1.54) is 11.8 Å². The van der Waals surface area contributed by atoms with Gasteiger partial charge in [-0.15, -0.1) is 11.8 Å². The van der Waals surface area contributed by atoms with Crippen molar-refractivity contribution in [1.82, 2.24) is 9.71 Å². The molecule has 11 heteroatoms. The molecule has 0 bridgehead atoms. The number of benzene rings is 4. The normalized spacial score (nSPS) is 19.4. The second-order valence-corrected chi connectivity index (χ2v) is 14.5. The highest BCUT2D eigenvalue weighted by molar-refractivity contribution is 7.99. The zero-order valence-electron chi connectivity index (χ0n) is 26.7. The standard InChI is InChI=1S/C38H36N2O7S2/c1-25-34(24-48-36-33(37(42)43)14-7-19-39-36)46-38(47-35(25)28-17-15-26(23-41)16-18-28)31-11-6-10-30(21-31)29-9-5-8-27(20-29)22-40-49(44,45)32-12-3-2-4-13-32/h2-21,25,34-35,38,40-41H,22-24H2,1H3,(H,42,43)/t25-,34+,35+,38+/m1/s1. The first-order chi connectivity index (χ1) is 23.7. The van der Waals surface area contributed by atoms with Crippen molar-refractivity contribution >= 4 is 27.8 Å². The molecular weight excluding hydrogens is 661 g/mol. The largest absolute Gasteiger partial charge is 0.478 e. The van der Waals surface area contributed by atoms with Gasteiger partial charge in [0.05, 0.1) is 29.3 Å². The molecule has 4 aromatic carbocycles.